The van der Waals surface area contributed by atoms with Gasteiger partial charge in [-0.2, -0.15) is 0 Å². The summed E-state index contributed by atoms with van der Waals surface area (Å²) >= 11 is 3.36. The summed E-state index contributed by atoms with van der Waals surface area (Å²) in [4.78, 5) is 23.2. The minimum atomic E-state index is -1.36. The van der Waals surface area contributed by atoms with Gasteiger partial charge >= 0.3 is 5.97 Å². The van der Waals surface area contributed by atoms with Gasteiger partial charge in [-0.3, -0.25) is 4.79 Å². The second-order valence-electron chi connectivity index (χ2n) is 5.08. The molecule has 0 fully saturated rings. The fraction of sp³-hybridized carbons (Fsp3) is 0.286. The van der Waals surface area contributed by atoms with Gasteiger partial charge in [0.25, 0.3) is 5.91 Å². The summed E-state index contributed by atoms with van der Waals surface area (Å²) in [6.45, 7) is 4.60. The Balaban J connectivity index is 2.41. The van der Waals surface area contributed by atoms with E-state index in [1.54, 1.807) is 13.0 Å². The van der Waals surface area contributed by atoms with Gasteiger partial charge in [0.2, 0.25) is 0 Å². The highest BCUT2D eigenvalue weighted by atomic mass is 79.9. The molecule has 1 heterocycles. The second-order valence-corrected chi connectivity index (χ2v) is 6.00. The lowest BCUT2D eigenvalue weighted by atomic mass is 10.1. The molecular weight excluding hydrogens is 326 g/mol. The third-order valence-electron chi connectivity index (χ3n) is 3.07. The number of fused-ring (bicyclic) bond motifs is 1. The van der Waals surface area contributed by atoms with Crippen molar-refractivity contribution < 1.29 is 19.1 Å². The van der Waals surface area contributed by atoms with Crippen LogP contribution in [0.2, 0.25) is 0 Å². The summed E-state index contributed by atoms with van der Waals surface area (Å²) in [6, 6.07) is 5.42. The van der Waals surface area contributed by atoms with Crippen molar-refractivity contribution in [3.8, 4) is 0 Å². The van der Waals surface area contributed by atoms with Crippen molar-refractivity contribution in [3.63, 3.8) is 0 Å². The first kappa shape index (κ1) is 14.6. The highest BCUT2D eigenvalue weighted by Gasteiger charge is 2.31. The summed E-state index contributed by atoms with van der Waals surface area (Å²) < 4.78 is 6.40. The fourth-order valence-corrected chi connectivity index (χ4v) is 2.16. The average molecular weight is 340 g/mol. The molecule has 1 aromatic carbocycles. The third-order valence-corrected chi connectivity index (χ3v) is 3.56. The Morgan fingerprint density at radius 3 is 2.60 bits per heavy atom. The molecule has 20 heavy (non-hydrogen) atoms. The number of aliphatic carboxylic acids is 1. The molecule has 0 bridgehead atoms. The Bertz CT molecular complexity index is 703. The molecule has 0 atom stereocenters. The number of aryl methyl sites for hydroxylation is 1. The molecule has 0 spiro atoms. The quantitative estimate of drug-likeness (QED) is 0.900. The summed E-state index contributed by atoms with van der Waals surface area (Å²) in [5.74, 6) is -1.52. The topological polar surface area (TPSA) is 79.5 Å². The highest BCUT2D eigenvalue weighted by molar-refractivity contribution is 9.10. The van der Waals surface area contributed by atoms with E-state index in [1.807, 2.05) is 12.1 Å². The molecule has 2 aromatic rings. The molecule has 6 heteroatoms. The number of carbonyl (C=O) groups excluding carboxylic acids is 1. The van der Waals surface area contributed by atoms with Crippen molar-refractivity contribution in [1.29, 1.82) is 0 Å². The van der Waals surface area contributed by atoms with Gasteiger partial charge in [0.1, 0.15) is 11.1 Å². The number of amides is 1. The van der Waals surface area contributed by atoms with Crippen LogP contribution >= 0.6 is 15.9 Å². The Labute approximate surface area is 124 Å². The first-order valence-electron chi connectivity index (χ1n) is 5.97. The van der Waals surface area contributed by atoms with E-state index in [-0.39, 0.29) is 5.76 Å². The number of benzene rings is 1. The van der Waals surface area contributed by atoms with Crippen LogP contribution in [0.1, 0.15) is 30.0 Å². The van der Waals surface area contributed by atoms with E-state index in [1.165, 1.54) is 13.8 Å². The predicted molar refractivity (Wildman–Crippen MR) is 77.8 cm³/mol. The molecule has 5 nitrogen and oxygen atoms in total. The van der Waals surface area contributed by atoms with Gasteiger partial charge in [-0.15, -0.1) is 0 Å². The molecule has 0 saturated heterocycles. The predicted octanol–water partition coefficient (Wildman–Crippen LogP) is 3.10. The number of carbonyl (C=O) groups is 2. The number of hydrogen-bond acceptors (Lipinski definition) is 3. The Morgan fingerprint density at radius 2 is 2.00 bits per heavy atom. The van der Waals surface area contributed by atoms with Gasteiger partial charge in [0.05, 0.1) is 0 Å². The molecule has 106 valence electrons. The molecule has 0 aliphatic carbocycles. The van der Waals surface area contributed by atoms with Gasteiger partial charge in [-0.1, -0.05) is 15.9 Å². The minimum Gasteiger partial charge on any atom is -0.480 e. The molecule has 2 N–H and O–H groups in total. The van der Waals surface area contributed by atoms with Crippen LogP contribution in [0.25, 0.3) is 11.0 Å². The first-order valence-corrected chi connectivity index (χ1v) is 6.76. The Kier molecular flexibility index (Phi) is 3.60. The van der Waals surface area contributed by atoms with Crippen LogP contribution in [-0.4, -0.2) is 22.5 Å². The summed E-state index contributed by atoms with van der Waals surface area (Å²) in [6.07, 6.45) is 0. The molecule has 2 rings (SSSR count). The summed E-state index contributed by atoms with van der Waals surface area (Å²) in [5.41, 5.74) is -0.0905. The van der Waals surface area contributed by atoms with Crippen molar-refractivity contribution in [2.75, 3.05) is 0 Å². The third kappa shape index (κ3) is 2.56. The number of carboxylic acid groups (broad SMARTS) is 1. The molecular formula is C14H14BrNO4. The van der Waals surface area contributed by atoms with Gasteiger partial charge in [0, 0.05) is 15.4 Å². The van der Waals surface area contributed by atoms with Gasteiger partial charge in [0.15, 0.2) is 5.76 Å². The lowest BCUT2D eigenvalue weighted by Crippen LogP contribution is -2.49. The number of rotatable bonds is 3. The maximum absolute atomic E-state index is 12.2. The number of hydrogen-bond donors (Lipinski definition) is 2. The van der Waals surface area contributed by atoms with Crippen LogP contribution in [0.15, 0.2) is 27.1 Å². The molecule has 1 aromatic heterocycles. The maximum atomic E-state index is 12.2. The first-order chi connectivity index (χ1) is 9.22. The number of furan rings is 1. The SMILES string of the molecule is Cc1c(C(=O)NC(C)(C)C(=O)O)oc2ccc(Br)cc12. The Morgan fingerprint density at radius 1 is 1.35 bits per heavy atom. The second kappa shape index (κ2) is 4.94. The molecule has 0 radical (unpaired) electrons. The summed E-state index contributed by atoms with van der Waals surface area (Å²) in [7, 11) is 0. The molecule has 1 amide bonds. The lowest BCUT2D eigenvalue weighted by molar-refractivity contribution is -0.143. The van der Waals surface area contributed by atoms with Crippen LogP contribution in [0.4, 0.5) is 0 Å². The zero-order chi connectivity index (χ0) is 15.1. The maximum Gasteiger partial charge on any atom is 0.328 e. The monoisotopic (exact) mass is 339 g/mol. The zero-order valence-corrected chi connectivity index (χ0v) is 12.9. The number of halogens is 1. The fourth-order valence-electron chi connectivity index (χ4n) is 1.80. The van der Waals surface area contributed by atoms with E-state index < -0.39 is 17.4 Å². The van der Waals surface area contributed by atoms with E-state index in [4.69, 9.17) is 9.52 Å². The molecule has 0 unspecified atom stereocenters. The van der Waals surface area contributed by atoms with Crippen molar-refractivity contribution >= 4 is 38.8 Å². The molecule has 0 aliphatic heterocycles. The van der Waals surface area contributed by atoms with Crippen LogP contribution in [0.5, 0.6) is 0 Å². The van der Waals surface area contributed by atoms with E-state index in [0.717, 1.165) is 9.86 Å². The van der Waals surface area contributed by atoms with Gasteiger partial charge in [-0.25, -0.2) is 4.79 Å². The van der Waals surface area contributed by atoms with E-state index >= 15 is 0 Å². The largest absolute Gasteiger partial charge is 0.480 e. The zero-order valence-electron chi connectivity index (χ0n) is 11.3. The van der Waals surface area contributed by atoms with Crippen molar-refractivity contribution in [2.24, 2.45) is 0 Å². The minimum absolute atomic E-state index is 0.132. The van der Waals surface area contributed by atoms with E-state index in [9.17, 15) is 9.59 Å². The number of carboxylic acids is 1. The van der Waals surface area contributed by atoms with Crippen molar-refractivity contribution in [1.82, 2.24) is 5.32 Å². The van der Waals surface area contributed by atoms with Crippen molar-refractivity contribution in [3.05, 3.63) is 34.0 Å². The van der Waals surface area contributed by atoms with E-state index in [2.05, 4.69) is 21.2 Å². The standard InChI is InChI=1S/C14H14BrNO4/c1-7-9-6-8(15)4-5-10(9)20-11(7)12(17)16-14(2,3)13(18)19/h4-6H,1-3H3,(H,16,17)(H,18,19). The van der Waals surface area contributed by atoms with Crippen LogP contribution in [0, 0.1) is 6.92 Å². The normalized spacial score (nSPS) is 11.6. The van der Waals surface area contributed by atoms with Gasteiger partial charge < -0.3 is 14.8 Å². The van der Waals surface area contributed by atoms with Crippen molar-refractivity contribution in [2.45, 2.75) is 26.3 Å². The van der Waals surface area contributed by atoms with Crippen LogP contribution in [0.3, 0.4) is 0 Å². The smallest absolute Gasteiger partial charge is 0.328 e. The van der Waals surface area contributed by atoms with Crippen LogP contribution < -0.4 is 5.32 Å². The Hall–Kier alpha value is -1.82. The van der Waals surface area contributed by atoms with Crippen LogP contribution in [-0.2, 0) is 4.79 Å². The summed E-state index contributed by atoms with van der Waals surface area (Å²) in [5, 5.41) is 12.3. The molecule has 0 saturated carbocycles. The average Bonchev–Trinajstić information content (AvgIpc) is 2.66. The molecule has 0 aliphatic rings. The highest BCUT2D eigenvalue weighted by Crippen LogP contribution is 2.28. The van der Waals surface area contributed by atoms with Gasteiger partial charge in [-0.05, 0) is 39.0 Å². The number of nitrogens with one attached hydrogen (secondary N) is 1. The lowest BCUT2D eigenvalue weighted by Gasteiger charge is -2.20. The van der Waals surface area contributed by atoms with E-state index in [0.29, 0.717) is 11.1 Å².